The van der Waals surface area contributed by atoms with Crippen LogP contribution in [0.25, 0.3) is 0 Å². The molecule has 7 N–H and O–H groups in total. The van der Waals surface area contributed by atoms with Crippen molar-refractivity contribution in [1.29, 1.82) is 0 Å². The second-order valence-electron chi connectivity index (χ2n) is 13.2. The lowest BCUT2D eigenvalue weighted by atomic mass is 9.36. The number of carboxylic acids is 1. The van der Waals surface area contributed by atoms with Gasteiger partial charge >= 0.3 is 11.9 Å². The third kappa shape index (κ3) is 4.10. The first-order chi connectivity index (χ1) is 17.1. The van der Waals surface area contributed by atoms with Crippen molar-refractivity contribution in [3.05, 3.63) is 22.8 Å². The van der Waals surface area contributed by atoms with Gasteiger partial charge in [-0.15, -0.1) is 0 Å². The van der Waals surface area contributed by atoms with Crippen molar-refractivity contribution in [3.63, 3.8) is 0 Å². The maximum atomic E-state index is 12.6. The average molecular weight is 519 g/mol. The smallest absolute Gasteiger partial charge is 0.331 e. The Hall–Kier alpha value is -1.74. The first kappa shape index (κ1) is 28.3. The summed E-state index contributed by atoms with van der Waals surface area (Å²) >= 11 is 0. The predicted octanol–water partition coefficient (Wildman–Crippen LogP) is 2.90. The van der Waals surface area contributed by atoms with E-state index in [0.29, 0.717) is 24.8 Å². The van der Waals surface area contributed by atoms with Gasteiger partial charge < -0.3 is 31.5 Å². The number of esters is 1. The van der Waals surface area contributed by atoms with Gasteiger partial charge in [0, 0.05) is 24.6 Å². The van der Waals surface area contributed by atoms with Crippen molar-refractivity contribution in [2.24, 2.45) is 45.5 Å². The lowest BCUT2D eigenvalue weighted by Gasteiger charge is -2.70. The molecule has 0 aromatic carbocycles. The van der Waals surface area contributed by atoms with Crippen LogP contribution in [0.5, 0.6) is 0 Å². The molecule has 0 saturated heterocycles. The number of hydrogen-bond acceptors (Lipinski definition) is 7. The highest BCUT2D eigenvalue weighted by atomic mass is 16.5. The van der Waals surface area contributed by atoms with E-state index in [2.05, 4.69) is 20.8 Å². The molecular weight excluding hydrogens is 472 g/mol. The van der Waals surface area contributed by atoms with Crippen molar-refractivity contribution >= 4 is 11.9 Å². The second kappa shape index (κ2) is 9.47. The van der Waals surface area contributed by atoms with E-state index in [1.807, 2.05) is 19.9 Å². The van der Waals surface area contributed by atoms with Crippen LogP contribution in [0.2, 0.25) is 0 Å². The minimum Gasteiger partial charge on any atom is -0.478 e. The number of nitrogens with two attached hydrogens (primary N) is 2. The van der Waals surface area contributed by atoms with Gasteiger partial charge in [0.1, 0.15) is 6.10 Å². The van der Waals surface area contributed by atoms with Crippen molar-refractivity contribution in [1.82, 2.24) is 0 Å². The number of rotatable bonds is 4. The monoisotopic (exact) mass is 518 g/mol. The molecule has 0 bridgehead atoms. The summed E-state index contributed by atoms with van der Waals surface area (Å²) in [4.78, 5) is 24.7. The minimum absolute atomic E-state index is 0.0212. The highest BCUT2D eigenvalue weighted by Crippen LogP contribution is 2.73. The first-order valence-electron chi connectivity index (χ1n) is 13.7. The molecule has 0 amide bonds. The zero-order chi connectivity index (χ0) is 27.7. The van der Waals surface area contributed by atoms with Crippen LogP contribution in [-0.4, -0.2) is 57.7 Å². The normalized spacial score (nSPS) is 48.3. The Bertz CT molecular complexity index is 1020. The molecule has 0 spiro atoms. The Balaban J connectivity index is 1.87. The average Bonchev–Trinajstić information content (AvgIpc) is 3.04. The number of fused-ring (bicyclic) bond motifs is 5. The maximum Gasteiger partial charge on any atom is 0.331 e. The molecule has 0 unspecified atom stereocenters. The number of carbonyl (C=O) groups excluding carboxylic acids is 1. The van der Waals surface area contributed by atoms with E-state index in [-0.39, 0.29) is 35.8 Å². The molecule has 0 aromatic heterocycles. The van der Waals surface area contributed by atoms with Crippen LogP contribution in [0, 0.1) is 34.0 Å². The zero-order valence-electron chi connectivity index (χ0n) is 23.2. The van der Waals surface area contributed by atoms with Crippen molar-refractivity contribution < 1.29 is 29.6 Å². The quantitative estimate of drug-likeness (QED) is 0.216. The fourth-order valence-electron chi connectivity index (χ4n) is 9.32. The second-order valence-corrected chi connectivity index (χ2v) is 13.2. The Labute approximate surface area is 220 Å². The van der Waals surface area contributed by atoms with Gasteiger partial charge in [-0.1, -0.05) is 32.4 Å². The lowest BCUT2D eigenvalue weighted by Crippen LogP contribution is -2.72. The van der Waals surface area contributed by atoms with Crippen LogP contribution >= 0.6 is 0 Å². The fourth-order valence-corrected chi connectivity index (χ4v) is 9.32. The van der Waals surface area contributed by atoms with E-state index in [0.717, 1.165) is 18.4 Å². The minimum atomic E-state index is -1.01. The van der Waals surface area contributed by atoms with E-state index in [1.165, 1.54) is 6.92 Å². The number of allylic oxidation sites excluding steroid dienone is 2. The summed E-state index contributed by atoms with van der Waals surface area (Å²) in [6.45, 7) is 11.7. The molecule has 0 heterocycles. The third-order valence-corrected chi connectivity index (χ3v) is 11.2. The van der Waals surface area contributed by atoms with Gasteiger partial charge in [0.05, 0.1) is 12.2 Å². The van der Waals surface area contributed by atoms with E-state index in [4.69, 9.17) is 16.2 Å². The van der Waals surface area contributed by atoms with Crippen LogP contribution in [0.15, 0.2) is 22.8 Å². The van der Waals surface area contributed by atoms with Crippen LogP contribution in [0.1, 0.15) is 80.1 Å². The van der Waals surface area contributed by atoms with Crippen LogP contribution in [-0.2, 0) is 14.3 Å². The van der Waals surface area contributed by atoms with Gasteiger partial charge in [0.2, 0.25) is 0 Å². The maximum absolute atomic E-state index is 12.6. The number of carboxylic acid groups (broad SMARTS) is 1. The Kier molecular flexibility index (Phi) is 7.24. The third-order valence-electron chi connectivity index (χ3n) is 11.2. The predicted molar refractivity (Wildman–Crippen MR) is 140 cm³/mol. The molecule has 8 heteroatoms. The van der Waals surface area contributed by atoms with E-state index >= 15 is 0 Å². The molecule has 11 atom stereocenters. The summed E-state index contributed by atoms with van der Waals surface area (Å²) in [5.41, 5.74) is 13.9. The van der Waals surface area contributed by atoms with Crippen molar-refractivity contribution in [3.8, 4) is 0 Å². The summed E-state index contributed by atoms with van der Waals surface area (Å²) in [5, 5.41) is 32.8. The Morgan fingerprint density at radius 3 is 2.27 bits per heavy atom. The molecule has 0 aliphatic heterocycles. The van der Waals surface area contributed by atoms with Crippen LogP contribution < -0.4 is 11.5 Å². The lowest BCUT2D eigenvalue weighted by molar-refractivity contribution is -0.232. The number of ether oxygens (including phenoxy) is 1. The largest absolute Gasteiger partial charge is 0.478 e. The van der Waals surface area contributed by atoms with Gasteiger partial charge in [0.25, 0.3) is 0 Å². The summed E-state index contributed by atoms with van der Waals surface area (Å²) in [6.07, 6.45) is 2.90. The van der Waals surface area contributed by atoms with E-state index < -0.39 is 52.5 Å². The summed E-state index contributed by atoms with van der Waals surface area (Å²) < 4.78 is 5.82. The molecule has 37 heavy (non-hydrogen) atoms. The molecule has 0 radical (unpaired) electrons. The molecular formula is C29H46N2O6. The van der Waals surface area contributed by atoms with Gasteiger partial charge in [-0.2, -0.15) is 0 Å². The van der Waals surface area contributed by atoms with Gasteiger partial charge in [-0.25, -0.2) is 4.79 Å². The molecule has 4 aliphatic rings. The highest BCUT2D eigenvalue weighted by molar-refractivity contribution is 5.88. The summed E-state index contributed by atoms with van der Waals surface area (Å²) in [5.74, 6) is -1.91. The Morgan fingerprint density at radius 2 is 1.70 bits per heavy atom. The van der Waals surface area contributed by atoms with Gasteiger partial charge in [-0.05, 0) is 91.9 Å². The molecule has 208 valence electrons. The summed E-state index contributed by atoms with van der Waals surface area (Å²) in [7, 11) is 0. The fraction of sp³-hybridized carbons (Fsp3) is 0.793. The number of aliphatic hydroxyl groups excluding tert-OH is 2. The molecule has 4 rings (SSSR count). The van der Waals surface area contributed by atoms with Crippen molar-refractivity contribution in [2.75, 3.05) is 0 Å². The van der Waals surface area contributed by atoms with Crippen molar-refractivity contribution in [2.45, 2.75) is 110 Å². The molecule has 4 aliphatic carbocycles. The molecule has 0 aromatic rings. The SMILES string of the molecule is CC(=O)O[C@H]1C[C@@]2(C)[C@@H](C[C@@H](O)[C@H]3[C@@]4(C)[C@H](N)C[C@@H](O)[C@@H](N)[C@@H]4CC[C@@]32C)/C1=C(\CC=C(C)C)C(=O)O. The van der Waals surface area contributed by atoms with Gasteiger partial charge in [0.15, 0.2) is 0 Å². The van der Waals surface area contributed by atoms with E-state index in [1.54, 1.807) is 0 Å². The summed E-state index contributed by atoms with van der Waals surface area (Å²) in [6, 6.07) is -0.720. The number of hydrogen-bond donors (Lipinski definition) is 5. The molecule has 4 saturated carbocycles. The van der Waals surface area contributed by atoms with E-state index in [9.17, 15) is 24.9 Å². The van der Waals surface area contributed by atoms with Crippen LogP contribution in [0.4, 0.5) is 0 Å². The van der Waals surface area contributed by atoms with Crippen LogP contribution in [0.3, 0.4) is 0 Å². The van der Waals surface area contributed by atoms with Gasteiger partial charge in [-0.3, -0.25) is 4.79 Å². The first-order valence-corrected chi connectivity index (χ1v) is 13.7. The zero-order valence-corrected chi connectivity index (χ0v) is 23.2. The number of aliphatic hydroxyl groups is 2. The standard InChI is InChI=1S/C29H46N2O6/c1-14(2)7-8-16(26(35)36)23-18-11-20(34)25-27(4,28(18,5)13-21(23)37-15(3)32)10-9-17-24(31)19(33)12-22(30)29(17,25)6/h7,17-22,24-25,33-34H,8-13,30-31H2,1-6H3,(H,35,36)/b23-16-/t17-,18-,19+,20+,21-,22+,24-,25+,27-,28-,29+/m0/s1. The molecule has 8 nitrogen and oxygen atoms in total. The topological polar surface area (TPSA) is 156 Å². The highest BCUT2D eigenvalue weighted by Gasteiger charge is 2.72. The Morgan fingerprint density at radius 1 is 1.05 bits per heavy atom. The molecule has 4 fully saturated rings. The number of aliphatic carboxylic acids is 1. The number of carbonyl (C=O) groups is 2.